The zero-order valence-corrected chi connectivity index (χ0v) is 12.8. The summed E-state index contributed by atoms with van der Waals surface area (Å²) in [5.74, 6) is -0.401. The number of hydrogen-bond donors (Lipinski definition) is 1. The van der Waals surface area contributed by atoms with Gasteiger partial charge in [-0.25, -0.2) is 4.98 Å². The number of carbonyl (C=O) groups is 1. The van der Waals surface area contributed by atoms with E-state index in [4.69, 9.17) is 23.2 Å². The fraction of sp³-hybridized carbons (Fsp3) is 0.286. The van der Waals surface area contributed by atoms with Gasteiger partial charge in [-0.15, -0.1) is 34.5 Å². The summed E-state index contributed by atoms with van der Waals surface area (Å²) in [5, 5.41) is 5.72. The molecule has 1 aromatic heterocycles. The van der Waals surface area contributed by atoms with Gasteiger partial charge in [0.15, 0.2) is 0 Å². The van der Waals surface area contributed by atoms with Crippen LogP contribution in [0.2, 0.25) is 0 Å². The van der Waals surface area contributed by atoms with Crippen molar-refractivity contribution in [3.8, 4) is 10.6 Å². The van der Waals surface area contributed by atoms with Gasteiger partial charge in [0.2, 0.25) is 5.91 Å². The molecule has 0 radical (unpaired) electrons. The molecule has 6 heteroatoms. The molecule has 1 aliphatic rings. The predicted molar refractivity (Wildman–Crippen MR) is 81.9 cm³/mol. The Morgan fingerprint density at radius 2 is 2.10 bits per heavy atom. The molecular formula is C14H12Cl2N2OS. The molecular weight excluding hydrogens is 315 g/mol. The van der Waals surface area contributed by atoms with E-state index in [0.29, 0.717) is 13.0 Å². The molecule has 0 bridgehead atoms. The lowest BCUT2D eigenvalue weighted by Crippen LogP contribution is -2.26. The van der Waals surface area contributed by atoms with E-state index in [2.05, 4.69) is 10.3 Å². The van der Waals surface area contributed by atoms with E-state index in [0.717, 1.165) is 16.3 Å². The van der Waals surface area contributed by atoms with E-state index in [9.17, 15) is 4.79 Å². The van der Waals surface area contributed by atoms with Crippen molar-refractivity contribution in [2.45, 2.75) is 17.3 Å². The fourth-order valence-corrected chi connectivity index (χ4v) is 3.23. The maximum atomic E-state index is 11.8. The van der Waals surface area contributed by atoms with Gasteiger partial charge in [-0.1, -0.05) is 30.3 Å². The topological polar surface area (TPSA) is 42.0 Å². The first-order valence-electron chi connectivity index (χ1n) is 6.21. The number of rotatable bonds is 4. The summed E-state index contributed by atoms with van der Waals surface area (Å²) < 4.78 is -0.874. The molecule has 1 fully saturated rings. The number of thiazole rings is 1. The monoisotopic (exact) mass is 326 g/mol. The van der Waals surface area contributed by atoms with Crippen LogP contribution in [0.5, 0.6) is 0 Å². The zero-order chi connectivity index (χ0) is 14.2. The number of halogens is 2. The largest absolute Gasteiger partial charge is 0.350 e. The van der Waals surface area contributed by atoms with Gasteiger partial charge in [-0.3, -0.25) is 4.79 Å². The minimum atomic E-state index is -0.874. The quantitative estimate of drug-likeness (QED) is 0.872. The van der Waals surface area contributed by atoms with Crippen molar-refractivity contribution < 1.29 is 4.79 Å². The molecule has 1 unspecified atom stereocenters. The lowest BCUT2D eigenvalue weighted by Gasteiger charge is -2.02. The highest BCUT2D eigenvalue weighted by Gasteiger charge is 2.56. The molecule has 2 aromatic rings. The average molecular weight is 327 g/mol. The molecule has 1 aromatic carbocycles. The maximum Gasteiger partial charge on any atom is 0.226 e. The minimum absolute atomic E-state index is 0.107. The molecule has 0 aliphatic heterocycles. The summed E-state index contributed by atoms with van der Waals surface area (Å²) in [4.78, 5) is 16.3. The van der Waals surface area contributed by atoms with Crippen LogP contribution in [0.1, 0.15) is 12.1 Å². The van der Waals surface area contributed by atoms with E-state index in [-0.39, 0.29) is 11.8 Å². The fourth-order valence-electron chi connectivity index (χ4n) is 1.90. The first-order chi connectivity index (χ1) is 9.56. The van der Waals surface area contributed by atoms with Crippen molar-refractivity contribution in [1.29, 1.82) is 0 Å². The normalized spacial score (nSPS) is 19.6. The van der Waals surface area contributed by atoms with Crippen molar-refractivity contribution in [1.82, 2.24) is 10.3 Å². The Balaban J connectivity index is 1.60. The second-order valence-electron chi connectivity index (χ2n) is 4.75. The number of benzene rings is 1. The second-order valence-corrected chi connectivity index (χ2v) is 7.15. The number of alkyl halides is 2. The van der Waals surface area contributed by atoms with Crippen LogP contribution in [0.3, 0.4) is 0 Å². The Kier molecular flexibility index (Phi) is 3.71. The minimum Gasteiger partial charge on any atom is -0.350 e. The predicted octanol–water partition coefficient (Wildman–Crippen LogP) is 3.62. The highest BCUT2D eigenvalue weighted by Crippen LogP contribution is 2.53. The molecule has 1 saturated carbocycles. The first-order valence-corrected chi connectivity index (χ1v) is 7.85. The Hall–Kier alpha value is -1.10. The third-order valence-corrected chi connectivity index (χ3v) is 4.93. The van der Waals surface area contributed by atoms with Crippen LogP contribution in [0, 0.1) is 5.92 Å². The van der Waals surface area contributed by atoms with Crippen LogP contribution in [0.15, 0.2) is 35.7 Å². The van der Waals surface area contributed by atoms with Crippen molar-refractivity contribution in [3.63, 3.8) is 0 Å². The van der Waals surface area contributed by atoms with Crippen molar-refractivity contribution >= 4 is 40.4 Å². The highest BCUT2D eigenvalue weighted by atomic mass is 35.5. The number of carbonyl (C=O) groups excluding carboxylic acids is 1. The third-order valence-electron chi connectivity index (χ3n) is 3.16. The van der Waals surface area contributed by atoms with Gasteiger partial charge in [0.05, 0.1) is 18.2 Å². The van der Waals surface area contributed by atoms with Crippen LogP contribution in [-0.4, -0.2) is 15.2 Å². The van der Waals surface area contributed by atoms with Crippen molar-refractivity contribution in [3.05, 3.63) is 41.4 Å². The Labute approximate surface area is 130 Å². The molecule has 1 amide bonds. The third kappa shape index (κ3) is 2.97. The molecule has 1 heterocycles. The van der Waals surface area contributed by atoms with Gasteiger partial charge in [0.1, 0.15) is 9.34 Å². The van der Waals surface area contributed by atoms with Crippen LogP contribution in [-0.2, 0) is 11.3 Å². The first kappa shape index (κ1) is 13.9. The van der Waals surface area contributed by atoms with Gasteiger partial charge >= 0.3 is 0 Å². The summed E-state index contributed by atoms with van der Waals surface area (Å²) in [7, 11) is 0. The molecule has 104 valence electrons. The number of nitrogens with one attached hydrogen (secondary N) is 1. The van der Waals surface area contributed by atoms with Gasteiger partial charge < -0.3 is 5.32 Å². The molecule has 1 N–H and O–H groups in total. The van der Waals surface area contributed by atoms with Crippen LogP contribution in [0.25, 0.3) is 10.6 Å². The van der Waals surface area contributed by atoms with E-state index >= 15 is 0 Å². The summed E-state index contributed by atoms with van der Waals surface area (Å²) in [6, 6.07) is 9.96. The Morgan fingerprint density at radius 3 is 2.75 bits per heavy atom. The molecule has 3 nitrogen and oxygen atoms in total. The second kappa shape index (κ2) is 5.35. The molecule has 20 heavy (non-hydrogen) atoms. The van der Waals surface area contributed by atoms with E-state index in [1.807, 2.05) is 35.7 Å². The van der Waals surface area contributed by atoms with E-state index < -0.39 is 4.33 Å². The Bertz CT molecular complexity index is 627. The van der Waals surface area contributed by atoms with Crippen LogP contribution >= 0.6 is 34.5 Å². The average Bonchev–Trinajstić information content (AvgIpc) is 2.89. The SMILES string of the molecule is O=C(NCc1csc(-c2ccccc2)n1)C1CC1(Cl)Cl. The zero-order valence-electron chi connectivity index (χ0n) is 10.5. The van der Waals surface area contributed by atoms with Gasteiger partial charge in [-0.2, -0.15) is 0 Å². The molecule has 1 atom stereocenters. The number of amides is 1. The summed E-state index contributed by atoms with van der Waals surface area (Å²) >= 11 is 13.3. The Morgan fingerprint density at radius 1 is 1.40 bits per heavy atom. The van der Waals surface area contributed by atoms with Crippen molar-refractivity contribution in [2.24, 2.45) is 5.92 Å². The highest BCUT2D eigenvalue weighted by molar-refractivity contribution is 7.13. The summed E-state index contributed by atoms with van der Waals surface area (Å²) in [6.45, 7) is 0.405. The summed E-state index contributed by atoms with van der Waals surface area (Å²) in [6.07, 6.45) is 0.522. The van der Waals surface area contributed by atoms with Crippen LogP contribution in [0.4, 0.5) is 0 Å². The number of hydrogen-bond acceptors (Lipinski definition) is 3. The molecule has 3 rings (SSSR count). The van der Waals surface area contributed by atoms with Gasteiger partial charge in [0, 0.05) is 10.9 Å². The number of aromatic nitrogens is 1. The number of nitrogens with zero attached hydrogens (tertiary/aromatic N) is 1. The van der Waals surface area contributed by atoms with Crippen molar-refractivity contribution in [2.75, 3.05) is 0 Å². The maximum absolute atomic E-state index is 11.8. The van der Waals surface area contributed by atoms with Crippen LogP contribution < -0.4 is 5.32 Å². The van der Waals surface area contributed by atoms with Gasteiger partial charge in [0.25, 0.3) is 0 Å². The lowest BCUT2D eigenvalue weighted by atomic mass is 10.2. The molecule has 0 saturated heterocycles. The summed E-state index contributed by atoms with van der Waals surface area (Å²) in [5.41, 5.74) is 1.93. The van der Waals surface area contributed by atoms with E-state index in [1.54, 1.807) is 11.3 Å². The lowest BCUT2D eigenvalue weighted by molar-refractivity contribution is -0.122. The van der Waals surface area contributed by atoms with Gasteiger partial charge in [-0.05, 0) is 6.42 Å². The molecule has 0 spiro atoms. The standard InChI is InChI=1S/C14H12Cl2N2OS/c15-14(16)6-11(14)12(19)17-7-10-8-20-13(18-10)9-4-2-1-3-5-9/h1-5,8,11H,6-7H2,(H,17,19). The van der Waals surface area contributed by atoms with E-state index in [1.165, 1.54) is 0 Å². The molecule has 1 aliphatic carbocycles. The smallest absolute Gasteiger partial charge is 0.226 e.